The van der Waals surface area contributed by atoms with E-state index in [9.17, 15) is 20.1 Å². The monoisotopic (exact) mass is 433 g/mol. The number of carboxylic acid groups (broad SMARTS) is 1. The van der Waals surface area contributed by atoms with E-state index in [1.54, 1.807) is 25.1 Å². The van der Waals surface area contributed by atoms with Gasteiger partial charge >= 0.3 is 5.97 Å². The van der Waals surface area contributed by atoms with Crippen LogP contribution in [0.3, 0.4) is 0 Å². The number of carboxylic acids is 1. The smallest absolute Gasteiger partial charge is 0.335 e. The summed E-state index contributed by atoms with van der Waals surface area (Å²) < 4.78 is 5.35. The van der Waals surface area contributed by atoms with Crippen LogP contribution in [0.4, 0.5) is 11.5 Å². The highest BCUT2D eigenvalue weighted by molar-refractivity contribution is 8.00. The van der Waals surface area contributed by atoms with Crippen molar-refractivity contribution < 1.29 is 19.1 Å². The molecule has 1 aromatic carbocycles. The highest BCUT2D eigenvalue weighted by Gasteiger charge is 2.25. The van der Waals surface area contributed by atoms with Gasteiger partial charge in [-0.25, -0.2) is 9.78 Å². The van der Waals surface area contributed by atoms with Crippen LogP contribution in [-0.2, 0) is 4.79 Å². The maximum absolute atomic E-state index is 12.6. The maximum Gasteiger partial charge on any atom is 0.335 e. The second-order valence-electron chi connectivity index (χ2n) is 6.26. The Morgan fingerprint density at radius 3 is 2.58 bits per heavy atom. The molecule has 0 radical (unpaired) electrons. The summed E-state index contributed by atoms with van der Waals surface area (Å²) in [4.78, 5) is 27.9. The van der Waals surface area contributed by atoms with Crippen molar-refractivity contribution in [2.24, 2.45) is 0 Å². The first kappa shape index (κ1) is 21.4. The predicted octanol–water partition coefficient (Wildman–Crippen LogP) is 3.48. The molecule has 4 N–H and O–H groups in total. The summed E-state index contributed by atoms with van der Waals surface area (Å²) in [6.45, 7) is 1.60. The minimum absolute atomic E-state index is 0.0124. The fraction of sp³-hybridized carbons (Fsp3) is 0.0952. The van der Waals surface area contributed by atoms with Gasteiger partial charge in [-0.1, -0.05) is 17.8 Å². The van der Waals surface area contributed by atoms with Crippen molar-refractivity contribution in [2.75, 3.05) is 11.1 Å². The van der Waals surface area contributed by atoms with Crippen LogP contribution in [0.15, 0.2) is 52.1 Å². The molecule has 1 amide bonds. The molecule has 2 aromatic heterocycles. The molecule has 0 aliphatic carbocycles. The first-order chi connectivity index (χ1) is 14.8. The standard InChI is InChI=1S/C21H15N5O4S/c1-11(19(27)25-13-5-2-4-12(8-13)21(28)29)31-20-15(10-23)17(16-6-3-7-30-16)14(9-22)18(24)26-20/h2-8,11H,1H3,(H2,24,26)(H,25,27)(H,28,29). The van der Waals surface area contributed by atoms with E-state index >= 15 is 0 Å². The van der Waals surface area contributed by atoms with Gasteiger partial charge in [-0.05, 0) is 37.3 Å². The lowest BCUT2D eigenvalue weighted by atomic mass is 10.0. The topological polar surface area (TPSA) is 166 Å². The molecule has 0 bridgehead atoms. The second-order valence-corrected chi connectivity index (χ2v) is 7.59. The molecule has 0 fully saturated rings. The fourth-order valence-electron chi connectivity index (χ4n) is 2.75. The number of amides is 1. The van der Waals surface area contributed by atoms with Crippen LogP contribution in [0.2, 0.25) is 0 Å². The van der Waals surface area contributed by atoms with Gasteiger partial charge in [0.2, 0.25) is 5.91 Å². The molecule has 1 atom stereocenters. The van der Waals surface area contributed by atoms with E-state index in [1.807, 2.05) is 12.1 Å². The van der Waals surface area contributed by atoms with Crippen molar-refractivity contribution in [1.82, 2.24) is 4.98 Å². The van der Waals surface area contributed by atoms with Gasteiger partial charge in [0.15, 0.2) is 0 Å². The van der Waals surface area contributed by atoms with Gasteiger partial charge in [0.05, 0.1) is 28.2 Å². The minimum Gasteiger partial charge on any atom is -0.478 e. The quantitative estimate of drug-likeness (QED) is 0.493. The van der Waals surface area contributed by atoms with Crippen LogP contribution in [0.1, 0.15) is 28.4 Å². The summed E-state index contributed by atoms with van der Waals surface area (Å²) in [5.74, 6) is -1.34. The molecule has 10 heteroatoms. The highest BCUT2D eigenvalue weighted by Crippen LogP contribution is 2.37. The van der Waals surface area contributed by atoms with Crippen molar-refractivity contribution in [2.45, 2.75) is 17.2 Å². The number of hydrogen-bond donors (Lipinski definition) is 3. The summed E-state index contributed by atoms with van der Waals surface area (Å²) >= 11 is 0.984. The van der Waals surface area contributed by atoms with E-state index in [2.05, 4.69) is 10.3 Å². The molecule has 31 heavy (non-hydrogen) atoms. The molecule has 3 rings (SSSR count). The number of furan rings is 1. The van der Waals surface area contributed by atoms with Gasteiger partial charge in [-0.2, -0.15) is 10.5 Å². The zero-order chi connectivity index (χ0) is 22.5. The summed E-state index contributed by atoms with van der Waals surface area (Å²) in [6.07, 6.45) is 1.41. The molecule has 1 unspecified atom stereocenters. The largest absolute Gasteiger partial charge is 0.478 e. The van der Waals surface area contributed by atoms with Crippen molar-refractivity contribution in [1.29, 1.82) is 10.5 Å². The van der Waals surface area contributed by atoms with E-state index in [1.165, 1.54) is 24.5 Å². The number of aromatic nitrogens is 1. The number of nitriles is 2. The van der Waals surface area contributed by atoms with Crippen LogP contribution in [0, 0.1) is 22.7 Å². The summed E-state index contributed by atoms with van der Waals surface area (Å²) in [7, 11) is 0. The van der Waals surface area contributed by atoms with Gasteiger partial charge in [0.1, 0.15) is 34.3 Å². The lowest BCUT2D eigenvalue weighted by Crippen LogP contribution is -2.23. The number of hydrogen-bond acceptors (Lipinski definition) is 8. The molecule has 3 aromatic rings. The number of benzene rings is 1. The van der Waals surface area contributed by atoms with Crippen molar-refractivity contribution in [3.63, 3.8) is 0 Å². The molecule has 9 nitrogen and oxygen atoms in total. The number of carbonyl (C=O) groups excluding carboxylic acids is 1. The third-order valence-electron chi connectivity index (χ3n) is 4.22. The van der Waals surface area contributed by atoms with Gasteiger partial charge in [-0.3, -0.25) is 4.79 Å². The Kier molecular flexibility index (Phi) is 6.24. The number of pyridine rings is 1. The van der Waals surface area contributed by atoms with E-state index in [0.29, 0.717) is 5.69 Å². The van der Waals surface area contributed by atoms with Gasteiger partial charge < -0.3 is 20.6 Å². The highest BCUT2D eigenvalue weighted by atomic mass is 32.2. The average Bonchev–Trinajstić information content (AvgIpc) is 3.28. The Hall–Kier alpha value is -4.28. The number of nitrogens with one attached hydrogen (secondary N) is 1. The van der Waals surface area contributed by atoms with Crippen molar-refractivity contribution >= 4 is 35.1 Å². The van der Waals surface area contributed by atoms with Crippen LogP contribution in [-0.4, -0.2) is 27.2 Å². The lowest BCUT2D eigenvalue weighted by Gasteiger charge is -2.15. The number of carbonyl (C=O) groups is 2. The third-order valence-corrected chi connectivity index (χ3v) is 5.30. The Balaban J connectivity index is 1.91. The number of nitrogens with zero attached hydrogens (tertiary/aromatic N) is 3. The molecule has 154 valence electrons. The zero-order valence-electron chi connectivity index (χ0n) is 16.1. The molecule has 0 saturated heterocycles. The zero-order valence-corrected chi connectivity index (χ0v) is 16.9. The van der Waals surface area contributed by atoms with E-state index < -0.39 is 17.1 Å². The molecule has 0 spiro atoms. The van der Waals surface area contributed by atoms with Gasteiger partial charge in [0, 0.05) is 5.69 Å². The van der Waals surface area contributed by atoms with Crippen LogP contribution >= 0.6 is 11.8 Å². The van der Waals surface area contributed by atoms with E-state index in [4.69, 9.17) is 15.3 Å². The predicted molar refractivity (Wildman–Crippen MR) is 113 cm³/mol. The first-order valence-corrected chi connectivity index (χ1v) is 9.72. The molecular formula is C21H15N5O4S. The number of anilines is 2. The van der Waals surface area contributed by atoms with E-state index in [-0.39, 0.29) is 38.9 Å². The second kappa shape index (κ2) is 9.03. The lowest BCUT2D eigenvalue weighted by molar-refractivity contribution is -0.115. The Labute approximate surface area is 181 Å². The van der Waals surface area contributed by atoms with Gasteiger partial charge in [-0.15, -0.1) is 0 Å². The fourth-order valence-corrected chi connectivity index (χ4v) is 3.66. The first-order valence-electron chi connectivity index (χ1n) is 8.84. The molecule has 2 heterocycles. The molecule has 0 aliphatic rings. The van der Waals surface area contributed by atoms with Crippen LogP contribution in [0.25, 0.3) is 11.3 Å². The Morgan fingerprint density at radius 2 is 1.97 bits per heavy atom. The SMILES string of the molecule is CC(Sc1nc(N)c(C#N)c(-c2ccco2)c1C#N)C(=O)Nc1cccc(C(=O)O)c1. The Bertz CT molecular complexity index is 1240. The summed E-state index contributed by atoms with van der Waals surface area (Å²) in [5.41, 5.74) is 6.58. The van der Waals surface area contributed by atoms with E-state index in [0.717, 1.165) is 11.8 Å². The van der Waals surface area contributed by atoms with Gasteiger partial charge in [0.25, 0.3) is 0 Å². The summed E-state index contributed by atoms with van der Waals surface area (Å²) in [6, 6.07) is 13.0. The Morgan fingerprint density at radius 1 is 1.23 bits per heavy atom. The average molecular weight is 433 g/mol. The van der Waals surface area contributed by atoms with Crippen molar-refractivity contribution in [3.8, 4) is 23.5 Å². The molecule has 0 saturated carbocycles. The normalized spacial score (nSPS) is 11.2. The number of aromatic carboxylic acids is 1. The number of rotatable bonds is 6. The summed E-state index contributed by atoms with van der Waals surface area (Å²) in [5, 5.41) is 30.4. The molecule has 0 aliphatic heterocycles. The maximum atomic E-state index is 12.6. The third kappa shape index (κ3) is 4.50. The number of nitrogen functional groups attached to an aromatic ring is 1. The number of thioether (sulfide) groups is 1. The molecular weight excluding hydrogens is 418 g/mol. The minimum atomic E-state index is -1.11. The van der Waals surface area contributed by atoms with Crippen LogP contribution in [0.5, 0.6) is 0 Å². The van der Waals surface area contributed by atoms with Crippen molar-refractivity contribution in [3.05, 3.63) is 59.4 Å². The number of nitrogens with two attached hydrogens (primary N) is 1. The van der Waals surface area contributed by atoms with Crippen LogP contribution < -0.4 is 11.1 Å².